The van der Waals surface area contributed by atoms with Gasteiger partial charge in [-0.05, 0) is 50.6 Å². The molecule has 1 saturated carbocycles. The van der Waals surface area contributed by atoms with Crippen LogP contribution < -0.4 is 5.32 Å². The molecule has 2 saturated heterocycles. The molecule has 156 valence electrons. The first kappa shape index (κ1) is 18.7. The number of aromatic nitrogens is 4. The fourth-order valence-electron chi connectivity index (χ4n) is 4.42. The van der Waals surface area contributed by atoms with Crippen LogP contribution in [0.1, 0.15) is 25.7 Å². The number of likely N-dealkylation sites (tertiary alicyclic amines) is 1. The fraction of sp³-hybridized carbons (Fsp3) is 0.700. The van der Waals surface area contributed by atoms with Crippen molar-refractivity contribution >= 4 is 22.9 Å². The van der Waals surface area contributed by atoms with Gasteiger partial charge in [0.05, 0.1) is 12.4 Å². The SMILES string of the molecule is O=C1CO[C@H](CNc2ncnc3nc[nH]c23)CN1CC1CCN(CC2CC2)CC1. The standard InChI is InChI=1S/C20H29N7O2/c28-17-11-29-16(7-21-19-18-20(23-12-22-18)25-13-24-19)10-27(17)9-15-3-5-26(6-4-15)8-14-1-2-14/h12-16H,1-11H2,(H2,21,22,23,24,25)/t16-/m1/s1. The maximum Gasteiger partial charge on any atom is 0.248 e. The Bertz CT molecular complexity index is 844. The summed E-state index contributed by atoms with van der Waals surface area (Å²) in [6, 6.07) is 0. The van der Waals surface area contributed by atoms with E-state index in [4.69, 9.17) is 4.74 Å². The third kappa shape index (κ3) is 4.51. The summed E-state index contributed by atoms with van der Waals surface area (Å²) < 4.78 is 5.76. The number of nitrogens with one attached hydrogen (secondary N) is 2. The number of morpholine rings is 1. The first-order valence-electron chi connectivity index (χ1n) is 10.7. The monoisotopic (exact) mass is 399 g/mol. The number of ether oxygens (including phenoxy) is 1. The molecule has 1 aliphatic carbocycles. The molecule has 0 aromatic carbocycles. The average molecular weight is 399 g/mol. The number of carbonyl (C=O) groups is 1. The van der Waals surface area contributed by atoms with Gasteiger partial charge in [-0.2, -0.15) is 0 Å². The minimum absolute atomic E-state index is 0.0457. The van der Waals surface area contributed by atoms with Crippen LogP contribution in [0.4, 0.5) is 5.82 Å². The second-order valence-electron chi connectivity index (χ2n) is 8.62. The van der Waals surface area contributed by atoms with Crippen molar-refractivity contribution in [2.75, 3.05) is 51.2 Å². The van der Waals surface area contributed by atoms with Crippen molar-refractivity contribution in [1.29, 1.82) is 0 Å². The summed E-state index contributed by atoms with van der Waals surface area (Å²) in [5, 5.41) is 3.32. The molecule has 1 amide bonds. The molecule has 2 aliphatic heterocycles. The van der Waals surface area contributed by atoms with Crippen molar-refractivity contribution in [1.82, 2.24) is 29.7 Å². The number of imidazole rings is 1. The highest BCUT2D eigenvalue weighted by Gasteiger charge is 2.31. The third-order valence-corrected chi connectivity index (χ3v) is 6.34. The lowest BCUT2D eigenvalue weighted by Gasteiger charge is -2.38. The molecule has 0 spiro atoms. The number of hydrogen-bond acceptors (Lipinski definition) is 7. The Balaban J connectivity index is 1.11. The van der Waals surface area contributed by atoms with Crippen molar-refractivity contribution < 1.29 is 9.53 Å². The van der Waals surface area contributed by atoms with E-state index in [2.05, 4.69) is 30.2 Å². The van der Waals surface area contributed by atoms with E-state index in [1.54, 1.807) is 6.33 Å². The van der Waals surface area contributed by atoms with E-state index < -0.39 is 0 Å². The molecule has 4 heterocycles. The summed E-state index contributed by atoms with van der Waals surface area (Å²) in [6.07, 6.45) is 8.28. The number of carbonyl (C=O) groups excluding carboxylic acids is 1. The van der Waals surface area contributed by atoms with Crippen LogP contribution >= 0.6 is 0 Å². The Morgan fingerprint density at radius 3 is 2.76 bits per heavy atom. The van der Waals surface area contributed by atoms with Crippen LogP contribution in [-0.4, -0.2) is 87.6 Å². The van der Waals surface area contributed by atoms with Gasteiger partial charge >= 0.3 is 0 Å². The van der Waals surface area contributed by atoms with Crippen LogP contribution in [0.5, 0.6) is 0 Å². The molecule has 1 atom stereocenters. The molecule has 0 bridgehead atoms. The van der Waals surface area contributed by atoms with E-state index in [0.717, 1.165) is 18.0 Å². The summed E-state index contributed by atoms with van der Waals surface area (Å²) in [5.74, 6) is 2.38. The minimum atomic E-state index is -0.0457. The number of piperidine rings is 1. The summed E-state index contributed by atoms with van der Waals surface area (Å²) in [7, 11) is 0. The van der Waals surface area contributed by atoms with Crippen LogP contribution in [0.3, 0.4) is 0 Å². The fourth-order valence-corrected chi connectivity index (χ4v) is 4.42. The summed E-state index contributed by atoms with van der Waals surface area (Å²) in [4.78, 5) is 32.6. The zero-order valence-electron chi connectivity index (χ0n) is 16.7. The van der Waals surface area contributed by atoms with Crippen LogP contribution in [0.15, 0.2) is 12.7 Å². The van der Waals surface area contributed by atoms with Crippen LogP contribution in [0.25, 0.3) is 11.2 Å². The van der Waals surface area contributed by atoms with Gasteiger partial charge < -0.3 is 24.8 Å². The first-order chi connectivity index (χ1) is 14.2. The number of anilines is 1. The van der Waals surface area contributed by atoms with Gasteiger partial charge in [0.1, 0.15) is 18.5 Å². The number of H-pyrrole nitrogens is 1. The molecular formula is C20H29N7O2. The molecule has 9 nitrogen and oxygen atoms in total. The van der Waals surface area contributed by atoms with Gasteiger partial charge in [-0.3, -0.25) is 4.79 Å². The number of fused-ring (bicyclic) bond motifs is 1. The van der Waals surface area contributed by atoms with Gasteiger partial charge in [-0.15, -0.1) is 0 Å². The summed E-state index contributed by atoms with van der Waals surface area (Å²) >= 11 is 0. The number of rotatable bonds is 7. The second-order valence-corrected chi connectivity index (χ2v) is 8.62. The Hall–Kier alpha value is -2.26. The van der Waals surface area contributed by atoms with Crippen molar-refractivity contribution in [3.8, 4) is 0 Å². The van der Waals surface area contributed by atoms with Crippen LogP contribution in [0, 0.1) is 11.8 Å². The highest BCUT2D eigenvalue weighted by atomic mass is 16.5. The first-order valence-corrected chi connectivity index (χ1v) is 10.7. The zero-order valence-corrected chi connectivity index (χ0v) is 16.7. The van der Waals surface area contributed by atoms with Crippen molar-refractivity contribution in [3.63, 3.8) is 0 Å². The zero-order chi connectivity index (χ0) is 19.6. The largest absolute Gasteiger partial charge is 0.365 e. The quantitative estimate of drug-likeness (QED) is 0.720. The molecule has 3 aliphatic rings. The van der Waals surface area contributed by atoms with Crippen molar-refractivity contribution in [3.05, 3.63) is 12.7 Å². The Labute approximate surface area is 170 Å². The Morgan fingerprint density at radius 1 is 1.10 bits per heavy atom. The van der Waals surface area contributed by atoms with Gasteiger partial charge in [-0.1, -0.05) is 0 Å². The van der Waals surface area contributed by atoms with Crippen LogP contribution in [0.2, 0.25) is 0 Å². The maximum atomic E-state index is 12.4. The van der Waals surface area contributed by atoms with Crippen molar-refractivity contribution in [2.45, 2.75) is 31.8 Å². The molecule has 9 heteroatoms. The highest BCUT2D eigenvalue weighted by molar-refractivity contribution is 5.82. The molecule has 2 N–H and O–H groups in total. The van der Waals surface area contributed by atoms with Gasteiger partial charge in [0.25, 0.3) is 0 Å². The van der Waals surface area contributed by atoms with E-state index in [1.165, 1.54) is 51.6 Å². The Kier molecular flexibility index (Phi) is 5.32. The smallest absolute Gasteiger partial charge is 0.248 e. The molecule has 0 unspecified atom stereocenters. The summed E-state index contributed by atoms with van der Waals surface area (Å²) in [6.45, 7) is 5.88. The molecular weight excluding hydrogens is 370 g/mol. The molecule has 5 rings (SSSR count). The molecule has 29 heavy (non-hydrogen) atoms. The molecule has 0 radical (unpaired) electrons. The number of aromatic amines is 1. The van der Waals surface area contributed by atoms with Crippen molar-refractivity contribution in [2.24, 2.45) is 11.8 Å². The lowest BCUT2D eigenvalue weighted by Crippen LogP contribution is -2.51. The molecule has 2 aromatic rings. The topological polar surface area (TPSA) is 99.3 Å². The van der Waals surface area contributed by atoms with E-state index in [1.807, 2.05) is 4.90 Å². The minimum Gasteiger partial charge on any atom is -0.365 e. The molecule has 2 aromatic heterocycles. The van der Waals surface area contributed by atoms with Crippen LogP contribution in [-0.2, 0) is 9.53 Å². The number of amides is 1. The van der Waals surface area contributed by atoms with Gasteiger partial charge in [0.2, 0.25) is 5.91 Å². The molecule has 3 fully saturated rings. The third-order valence-electron chi connectivity index (χ3n) is 6.34. The lowest BCUT2D eigenvalue weighted by atomic mass is 9.95. The van der Waals surface area contributed by atoms with E-state index in [0.29, 0.717) is 30.5 Å². The van der Waals surface area contributed by atoms with Gasteiger partial charge in [0.15, 0.2) is 11.5 Å². The Morgan fingerprint density at radius 2 is 1.93 bits per heavy atom. The van der Waals surface area contributed by atoms with Gasteiger partial charge in [-0.25, -0.2) is 15.0 Å². The van der Waals surface area contributed by atoms with Gasteiger partial charge in [0, 0.05) is 26.2 Å². The predicted molar refractivity (Wildman–Crippen MR) is 108 cm³/mol. The lowest BCUT2D eigenvalue weighted by molar-refractivity contribution is -0.149. The number of hydrogen-bond donors (Lipinski definition) is 2. The van der Waals surface area contributed by atoms with E-state index >= 15 is 0 Å². The highest BCUT2D eigenvalue weighted by Crippen LogP contribution is 2.31. The van der Waals surface area contributed by atoms with E-state index in [9.17, 15) is 4.79 Å². The predicted octanol–water partition coefficient (Wildman–Crippen LogP) is 1.11. The average Bonchev–Trinajstić information content (AvgIpc) is 3.42. The maximum absolute atomic E-state index is 12.4. The summed E-state index contributed by atoms with van der Waals surface area (Å²) in [5.41, 5.74) is 1.42. The number of nitrogens with zero attached hydrogens (tertiary/aromatic N) is 5. The second kappa shape index (κ2) is 8.23. The normalized spacial score (nSPS) is 24.3. The van der Waals surface area contributed by atoms with E-state index in [-0.39, 0.29) is 18.6 Å².